The number of hydrogen-bond acceptors (Lipinski definition) is 4. The van der Waals surface area contributed by atoms with Crippen LogP contribution in [0.1, 0.15) is 6.92 Å². The van der Waals surface area contributed by atoms with E-state index in [4.69, 9.17) is 4.74 Å². The minimum absolute atomic E-state index is 0.125. The summed E-state index contributed by atoms with van der Waals surface area (Å²) in [7, 11) is -4.77. The normalized spacial score (nSPS) is 11.3. The Bertz CT molecular complexity index is 427. The summed E-state index contributed by atoms with van der Waals surface area (Å²) in [5.74, 6) is -0.273. The number of benzene rings is 1. The van der Waals surface area contributed by atoms with Gasteiger partial charge in [0.25, 0.3) is 0 Å². The van der Waals surface area contributed by atoms with Crippen LogP contribution in [0.4, 0.5) is 3.89 Å². The molecule has 0 aliphatic carbocycles. The third-order valence-corrected chi connectivity index (χ3v) is 2.33. The Hall–Kier alpha value is -1.30. The summed E-state index contributed by atoms with van der Waals surface area (Å²) in [5.41, 5.74) is 0. The Labute approximate surface area is 81.2 Å². The van der Waals surface area contributed by atoms with E-state index in [1.165, 1.54) is 6.07 Å². The van der Waals surface area contributed by atoms with Gasteiger partial charge in [0.05, 0.1) is 6.61 Å². The summed E-state index contributed by atoms with van der Waals surface area (Å²) < 4.78 is 38.2. The molecule has 1 N–H and O–H groups in total. The topological polar surface area (TPSA) is 63.6 Å². The maximum atomic E-state index is 12.4. The van der Waals surface area contributed by atoms with Gasteiger partial charge in [-0.25, -0.2) is 0 Å². The van der Waals surface area contributed by atoms with Crippen LogP contribution in [0.5, 0.6) is 11.5 Å². The Morgan fingerprint density at radius 3 is 2.57 bits per heavy atom. The molecule has 1 aromatic rings. The van der Waals surface area contributed by atoms with Gasteiger partial charge in [-0.05, 0) is 19.1 Å². The highest BCUT2D eigenvalue weighted by Gasteiger charge is 2.14. The fraction of sp³-hybridized carbons (Fsp3) is 0.250. The van der Waals surface area contributed by atoms with Gasteiger partial charge in [0, 0.05) is 6.07 Å². The van der Waals surface area contributed by atoms with Crippen LogP contribution in [0, 0.1) is 0 Å². The van der Waals surface area contributed by atoms with Crippen LogP contribution < -0.4 is 4.74 Å². The molecule has 4 nitrogen and oxygen atoms in total. The van der Waals surface area contributed by atoms with Crippen molar-refractivity contribution in [1.29, 1.82) is 0 Å². The van der Waals surface area contributed by atoms with E-state index in [1.807, 2.05) is 0 Å². The zero-order valence-electron chi connectivity index (χ0n) is 7.40. The fourth-order valence-electron chi connectivity index (χ4n) is 0.926. The van der Waals surface area contributed by atoms with Gasteiger partial charge in [-0.15, -0.1) is 3.89 Å². The molecule has 0 fully saturated rings. The highest BCUT2D eigenvalue weighted by Crippen LogP contribution is 2.29. The molecule has 0 atom stereocenters. The van der Waals surface area contributed by atoms with Crippen LogP contribution >= 0.6 is 0 Å². The van der Waals surface area contributed by atoms with E-state index in [-0.39, 0.29) is 5.75 Å². The van der Waals surface area contributed by atoms with E-state index in [0.717, 1.165) is 12.1 Å². The van der Waals surface area contributed by atoms with Crippen molar-refractivity contribution in [3.05, 3.63) is 18.2 Å². The van der Waals surface area contributed by atoms with Gasteiger partial charge in [0.1, 0.15) is 4.90 Å². The highest BCUT2D eigenvalue weighted by atomic mass is 32.3. The van der Waals surface area contributed by atoms with Crippen molar-refractivity contribution in [3.8, 4) is 11.5 Å². The van der Waals surface area contributed by atoms with Crippen LogP contribution in [0.2, 0.25) is 0 Å². The third kappa shape index (κ3) is 2.35. The van der Waals surface area contributed by atoms with E-state index >= 15 is 0 Å². The molecule has 0 radical (unpaired) electrons. The molecular weight excluding hydrogens is 211 g/mol. The van der Waals surface area contributed by atoms with Crippen LogP contribution in [-0.4, -0.2) is 20.1 Å². The monoisotopic (exact) mass is 220 g/mol. The maximum absolute atomic E-state index is 12.4. The summed E-state index contributed by atoms with van der Waals surface area (Å²) in [6.45, 7) is 2.04. The minimum atomic E-state index is -4.77. The van der Waals surface area contributed by atoms with Crippen molar-refractivity contribution < 1.29 is 22.1 Å². The lowest BCUT2D eigenvalue weighted by atomic mass is 10.3. The number of phenols is 1. The van der Waals surface area contributed by atoms with Gasteiger partial charge >= 0.3 is 10.2 Å². The average molecular weight is 220 g/mol. The number of ether oxygens (including phenoxy) is 1. The van der Waals surface area contributed by atoms with Gasteiger partial charge in [-0.1, -0.05) is 0 Å². The molecule has 6 heteroatoms. The zero-order chi connectivity index (χ0) is 10.8. The lowest BCUT2D eigenvalue weighted by Crippen LogP contribution is -1.95. The molecule has 0 bridgehead atoms. The standard InChI is InChI=1S/C8H9FO4S/c1-2-13-8-4-3-6(5-7(8)10)14(9,11)12/h3-5,10H,2H2,1H3. The maximum Gasteiger partial charge on any atom is 0.332 e. The first-order chi connectivity index (χ1) is 6.45. The SMILES string of the molecule is CCOc1ccc(S(=O)(=O)F)cc1O. The van der Waals surface area contributed by atoms with Crippen molar-refractivity contribution >= 4 is 10.2 Å². The van der Waals surface area contributed by atoms with Gasteiger partial charge < -0.3 is 9.84 Å². The highest BCUT2D eigenvalue weighted by molar-refractivity contribution is 7.86. The molecule has 0 saturated heterocycles. The summed E-state index contributed by atoms with van der Waals surface area (Å²) >= 11 is 0. The van der Waals surface area contributed by atoms with Crippen molar-refractivity contribution in [2.75, 3.05) is 6.61 Å². The number of hydrogen-bond donors (Lipinski definition) is 1. The summed E-state index contributed by atoms with van der Waals surface area (Å²) in [4.78, 5) is -0.585. The van der Waals surface area contributed by atoms with Crippen LogP contribution in [-0.2, 0) is 10.2 Å². The van der Waals surface area contributed by atoms with Crippen molar-refractivity contribution in [2.45, 2.75) is 11.8 Å². The van der Waals surface area contributed by atoms with Crippen molar-refractivity contribution in [2.24, 2.45) is 0 Å². The van der Waals surface area contributed by atoms with Crippen LogP contribution in [0.15, 0.2) is 23.1 Å². The number of phenolic OH excluding ortho intramolecular Hbond substituents is 1. The second kappa shape index (κ2) is 3.83. The van der Waals surface area contributed by atoms with E-state index in [2.05, 4.69) is 0 Å². The zero-order valence-corrected chi connectivity index (χ0v) is 8.21. The largest absolute Gasteiger partial charge is 0.504 e. The second-order valence-electron chi connectivity index (χ2n) is 2.50. The number of aromatic hydroxyl groups is 1. The molecule has 14 heavy (non-hydrogen) atoms. The Balaban J connectivity index is 3.13. The summed E-state index contributed by atoms with van der Waals surface area (Å²) in [5, 5.41) is 9.23. The molecule has 0 spiro atoms. The molecule has 78 valence electrons. The molecule has 1 rings (SSSR count). The van der Waals surface area contributed by atoms with Crippen LogP contribution in [0.25, 0.3) is 0 Å². The summed E-state index contributed by atoms with van der Waals surface area (Å²) in [6, 6.07) is 3.03. The van der Waals surface area contributed by atoms with E-state index in [9.17, 15) is 17.4 Å². The number of rotatable bonds is 3. The average Bonchev–Trinajstić information content (AvgIpc) is 2.07. The van der Waals surface area contributed by atoms with Gasteiger partial charge in [-0.2, -0.15) is 8.42 Å². The molecule has 0 aliphatic rings. The molecule has 0 aromatic heterocycles. The predicted molar refractivity (Wildman–Crippen MR) is 47.6 cm³/mol. The molecule has 0 saturated carbocycles. The van der Waals surface area contributed by atoms with Crippen LogP contribution in [0.3, 0.4) is 0 Å². The Kier molecular flexibility index (Phi) is 2.95. The third-order valence-electron chi connectivity index (χ3n) is 1.51. The van der Waals surface area contributed by atoms with Gasteiger partial charge in [0.2, 0.25) is 0 Å². The van der Waals surface area contributed by atoms with Crippen molar-refractivity contribution in [1.82, 2.24) is 0 Å². The first-order valence-electron chi connectivity index (χ1n) is 3.85. The molecular formula is C8H9FO4S. The Morgan fingerprint density at radius 1 is 1.50 bits per heavy atom. The lowest BCUT2D eigenvalue weighted by molar-refractivity contribution is 0.317. The first kappa shape index (κ1) is 10.8. The van der Waals surface area contributed by atoms with E-state index in [0.29, 0.717) is 6.61 Å². The molecule has 0 unspecified atom stereocenters. The van der Waals surface area contributed by atoms with Crippen molar-refractivity contribution in [3.63, 3.8) is 0 Å². The summed E-state index contributed by atoms with van der Waals surface area (Å²) in [6.07, 6.45) is 0. The van der Waals surface area contributed by atoms with Gasteiger partial charge in [0.15, 0.2) is 11.5 Å². The molecule has 0 aliphatic heterocycles. The molecule has 1 aromatic carbocycles. The first-order valence-corrected chi connectivity index (χ1v) is 5.24. The molecule has 0 amide bonds. The smallest absolute Gasteiger partial charge is 0.332 e. The molecule has 0 heterocycles. The number of halogens is 1. The minimum Gasteiger partial charge on any atom is -0.504 e. The van der Waals surface area contributed by atoms with E-state index in [1.54, 1.807) is 6.92 Å². The fourth-order valence-corrected chi connectivity index (χ4v) is 1.41. The second-order valence-corrected chi connectivity index (χ2v) is 3.85. The predicted octanol–water partition coefficient (Wildman–Crippen LogP) is 1.45. The van der Waals surface area contributed by atoms with E-state index < -0.39 is 20.9 Å². The Morgan fingerprint density at radius 2 is 2.14 bits per heavy atom. The lowest BCUT2D eigenvalue weighted by Gasteiger charge is -2.05. The van der Waals surface area contributed by atoms with Gasteiger partial charge in [-0.3, -0.25) is 0 Å². The quantitative estimate of drug-likeness (QED) is 0.783.